The van der Waals surface area contributed by atoms with Gasteiger partial charge in [0.05, 0.1) is 0 Å². The topological polar surface area (TPSA) is 58.6 Å². The van der Waals surface area contributed by atoms with Crippen LogP contribution in [0.25, 0.3) is 0 Å². The van der Waals surface area contributed by atoms with Gasteiger partial charge in [0.1, 0.15) is 0 Å². The molecule has 104 valence electrons. The molecule has 4 nitrogen and oxygen atoms in total. The highest BCUT2D eigenvalue weighted by Gasteiger charge is 2.33. The molecule has 2 rings (SSSR count). The SMILES string of the molecule is CO[C@@H](C(=O)NC(CCO)C1CC1)c1ccccc1. The number of amides is 1. The molecule has 4 heteroatoms. The maximum absolute atomic E-state index is 12.3. The molecule has 1 aliphatic rings. The smallest absolute Gasteiger partial charge is 0.253 e. The first-order valence-electron chi connectivity index (χ1n) is 6.75. The standard InChI is InChI=1S/C15H21NO3/c1-19-14(12-5-3-2-4-6-12)15(18)16-13(9-10-17)11-7-8-11/h2-6,11,13-14,17H,7-10H2,1H3,(H,16,18)/t13?,14-/m1/s1. The minimum Gasteiger partial charge on any atom is -0.396 e. The normalized spacial score (nSPS) is 17.8. The molecule has 0 bridgehead atoms. The lowest BCUT2D eigenvalue weighted by atomic mass is 10.1. The maximum Gasteiger partial charge on any atom is 0.253 e. The summed E-state index contributed by atoms with van der Waals surface area (Å²) in [7, 11) is 1.54. The van der Waals surface area contributed by atoms with Gasteiger partial charge in [0.15, 0.2) is 6.10 Å². The second-order valence-electron chi connectivity index (χ2n) is 4.99. The first kappa shape index (κ1) is 14.0. The number of ether oxygens (including phenoxy) is 1. The molecule has 0 radical (unpaired) electrons. The quantitative estimate of drug-likeness (QED) is 0.786. The summed E-state index contributed by atoms with van der Waals surface area (Å²) >= 11 is 0. The molecule has 0 aliphatic heterocycles. The molecule has 1 aliphatic carbocycles. The summed E-state index contributed by atoms with van der Waals surface area (Å²) in [6.45, 7) is 0.102. The molecule has 1 fully saturated rings. The second-order valence-corrected chi connectivity index (χ2v) is 4.99. The Morgan fingerprint density at radius 3 is 2.63 bits per heavy atom. The monoisotopic (exact) mass is 263 g/mol. The number of benzene rings is 1. The predicted octanol–water partition coefficient (Wildman–Crippen LogP) is 1.65. The third-order valence-corrected chi connectivity index (χ3v) is 3.53. The van der Waals surface area contributed by atoms with Crippen LogP contribution < -0.4 is 5.32 Å². The third kappa shape index (κ3) is 3.78. The van der Waals surface area contributed by atoms with Crippen molar-refractivity contribution in [1.29, 1.82) is 0 Å². The molecular weight excluding hydrogens is 242 g/mol. The second kappa shape index (κ2) is 6.68. The first-order chi connectivity index (χ1) is 9.26. The molecule has 1 amide bonds. The van der Waals surface area contributed by atoms with Crippen LogP contribution in [0, 0.1) is 5.92 Å². The number of nitrogens with one attached hydrogen (secondary N) is 1. The lowest BCUT2D eigenvalue weighted by molar-refractivity contribution is -0.132. The molecule has 2 N–H and O–H groups in total. The predicted molar refractivity (Wildman–Crippen MR) is 72.5 cm³/mol. The zero-order chi connectivity index (χ0) is 13.7. The minimum atomic E-state index is -0.582. The lowest BCUT2D eigenvalue weighted by Gasteiger charge is -2.21. The summed E-state index contributed by atoms with van der Waals surface area (Å²) in [5, 5.41) is 12.1. The number of methoxy groups -OCH3 is 1. The third-order valence-electron chi connectivity index (χ3n) is 3.53. The number of hydrogen-bond acceptors (Lipinski definition) is 3. The van der Waals surface area contributed by atoms with Crippen molar-refractivity contribution in [2.45, 2.75) is 31.4 Å². The summed E-state index contributed by atoms with van der Waals surface area (Å²) in [5.41, 5.74) is 0.848. The van der Waals surface area contributed by atoms with Crippen molar-refractivity contribution >= 4 is 5.91 Å². The van der Waals surface area contributed by atoms with E-state index in [1.54, 1.807) is 0 Å². The molecule has 2 atom stereocenters. The fourth-order valence-electron chi connectivity index (χ4n) is 2.34. The van der Waals surface area contributed by atoms with Crippen LogP contribution >= 0.6 is 0 Å². The summed E-state index contributed by atoms with van der Waals surface area (Å²) in [6.07, 6.45) is 2.30. The van der Waals surface area contributed by atoms with Gasteiger partial charge < -0.3 is 15.2 Å². The van der Waals surface area contributed by atoms with Crippen molar-refractivity contribution in [1.82, 2.24) is 5.32 Å². The van der Waals surface area contributed by atoms with Crippen LogP contribution in [0.15, 0.2) is 30.3 Å². The summed E-state index contributed by atoms with van der Waals surface area (Å²) in [5.74, 6) is 0.392. The van der Waals surface area contributed by atoms with Gasteiger partial charge in [-0.25, -0.2) is 0 Å². The van der Waals surface area contributed by atoms with Crippen LogP contribution in [0.3, 0.4) is 0 Å². The van der Waals surface area contributed by atoms with Gasteiger partial charge in [-0.15, -0.1) is 0 Å². The van der Waals surface area contributed by atoms with E-state index in [0.717, 1.165) is 18.4 Å². The Morgan fingerprint density at radius 1 is 1.42 bits per heavy atom. The number of aliphatic hydroxyl groups excluding tert-OH is 1. The molecule has 0 heterocycles. The van der Waals surface area contributed by atoms with Crippen LogP contribution in [0.1, 0.15) is 30.9 Å². The van der Waals surface area contributed by atoms with E-state index in [4.69, 9.17) is 9.84 Å². The molecule has 0 saturated heterocycles. The van der Waals surface area contributed by atoms with E-state index in [2.05, 4.69) is 5.32 Å². The largest absolute Gasteiger partial charge is 0.396 e. The van der Waals surface area contributed by atoms with Crippen LogP contribution in [0.5, 0.6) is 0 Å². The van der Waals surface area contributed by atoms with Gasteiger partial charge in [-0.1, -0.05) is 30.3 Å². The van der Waals surface area contributed by atoms with Crippen molar-refractivity contribution in [3.8, 4) is 0 Å². The number of carbonyl (C=O) groups excluding carboxylic acids is 1. The molecule has 0 aromatic heterocycles. The van der Waals surface area contributed by atoms with E-state index >= 15 is 0 Å². The molecule has 0 spiro atoms. The minimum absolute atomic E-state index is 0.0684. The highest BCUT2D eigenvalue weighted by molar-refractivity contribution is 5.82. The Bertz CT molecular complexity index is 403. The number of rotatable bonds is 7. The molecule has 1 aromatic carbocycles. The van der Waals surface area contributed by atoms with E-state index < -0.39 is 6.10 Å². The van der Waals surface area contributed by atoms with Crippen LogP contribution in [0.4, 0.5) is 0 Å². The molecule has 1 saturated carbocycles. The lowest BCUT2D eigenvalue weighted by Crippen LogP contribution is -2.40. The zero-order valence-electron chi connectivity index (χ0n) is 11.2. The van der Waals surface area contributed by atoms with E-state index in [1.807, 2.05) is 30.3 Å². The highest BCUT2D eigenvalue weighted by Crippen LogP contribution is 2.34. The Balaban J connectivity index is 2.00. The van der Waals surface area contributed by atoms with Crippen molar-refractivity contribution in [3.63, 3.8) is 0 Å². The van der Waals surface area contributed by atoms with Crippen LogP contribution in [0.2, 0.25) is 0 Å². The van der Waals surface area contributed by atoms with Gasteiger partial charge in [0, 0.05) is 19.8 Å². The molecule has 1 unspecified atom stereocenters. The molecule has 19 heavy (non-hydrogen) atoms. The molecule has 1 aromatic rings. The van der Waals surface area contributed by atoms with Crippen molar-refractivity contribution in [2.24, 2.45) is 5.92 Å². The van der Waals surface area contributed by atoms with Gasteiger partial charge in [-0.2, -0.15) is 0 Å². The Kier molecular flexibility index (Phi) is 4.93. The van der Waals surface area contributed by atoms with E-state index in [1.165, 1.54) is 7.11 Å². The van der Waals surface area contributed by atoms with Gasteiger partial charge in [-0.05, 0) is 30.7 Å². The van der Waals surface area contributed by atoms with Crippen LogP contribution in [-0.2, 0) is 9.53 Å². The average Bonchev–Trinajstić information content (AvgIpc) is 3.25. The summed E-state index contributed by atoms with van der Waals surface area (Å²) in [6, 6.07) is 9.52. The Morgan fingerprint density at radius 2 is 2.11 bits per heavy atom. The Labute approximate surface area is 113 Å². The summed E-state index contributed by atoms with van der Waals surface area (Å²) < 4.78 is 5.30. The fraction of sp³-hybridized carbons (Fsp3) is 0.533. The summed E-state index contributed by atoms with van der Waals surface area (Å²) in [4.78, 5) is 12.3. The number of carbonyl (C=O) groups is 1. The highest BCUT2D eigenvalue weighted by atomic mass is 16.5. The van der Waals surface area contributed by atoms with Crippen molar-refractivity contribution in [3.05, 3.63) is 35.9 Å². The fourth-order valence-corrected chi connectivity index (χ4v) is 2.34. The Hall–Kier alpha value is -1.39. The van der Waals surface area contributed by atoms with Crippen molar-refractivity contribution < 1.29 is 14.6 Å². The molecular formula is C15H21NO3. The number of aliphatic hydroxyl groups is 1. The van der Waals surface area contributed by atoms with E-state index in [9.17, 15) is 4.79 Å². The van der Waals surface area contributed by atoms with Crippen LogP contribution in [-0.4, -0.2) is 30.8 Å². The van der Waals surface area contributed by atoms with Gasteiger partial charge >= 0.3 is 0 Å². The van der Waals surface area contributed by atoms with Gasteiger partial charge in [0.2, 0.25) is 0 Å². The van der Waals surface area contributed by atoms with Gasteiger partial charge in [0.25, 0.3) is 5.91 Å². The van der Waals surface area contributed by atoms with Gasteiger partial charge in [-0.3, -0.25) is 4.79 Å². The number of hydrogen-bond donors (Lipinski definition) is 2. The first-order valence-corrected chi connectivity index (χ1v) is 6.75. The van der Waals surface area contributed by atoms with E-state index in [0.29, 0.717) is 12.3 Å². The maximum atomic E-state index is 12.3. The zero-order valence-corrected chi connectivity index (χ0v) is 11.2. The van der Waals surface area contributed by atoms with Crippen molar-refractivity contribution in [2.75, 3.05) is 13.7 Å². The van der Waals surface area contributed by atoms with E-state index in [-0.39, 0.29) is 18.6 Å². The average molecular weight is 263 g/mol.